The van der Waals surface area contributed by atoms with Gasteiger partial charge in [0.1, 0.15) is 5.56 Å². The van der Waals surface area contributed by atoms with Crippen LogP contribution in [0.1, 0.15) is 17.3 Å². The quantitative estimate of drug-likeness (QED) is 0.729. The molecule has 1 aromatic rings. The lowest BCUT2D eigenvalue weighted by Crippen LogP contribution is -2.31. The zero-order chi connectivity index (χ0) is 11.4. The summed E-state index contributed by atoms with van der Waals surface area (Å²) in [5, 5.41) is 8.79. The molecule has 0 fully saturated rings. The largest absolute Gasteiger partial charge is 0.478 e. The number of rotatable bonds is 4. The topological polar surface area (TPSA) is 103 Å². The second-order valence-electron chi connectivity index (χ2n) is 2.84. The van der Waals surface area contributed by atoms with Crippen LogP contribution < -0.4 is 10.5 Å². The number of carbonyl (C=O) groups excluding carboxylic acids is 1. The molecular weight excluding hydrogens is 200 g/mol. The van der Waals surface area contributed by atoms with Crippen LogP contribution in [0.3, 0.4) is 0 Å². The van der Waals surface area contributed by atoms with Gasteiger partial charge in [0.2, 0.25) is 0 Å². The molecule has 15 heavy (non-hydrogen) atoms. The third-order valence-corrected chi connectivity index (χ3v) is 1.72. The van der Waals surface area contributed by atoms with E-state index in [2.05, 4.69) is 4.98 Å². The van der Waals surface area contributed by atoms with Gasteiger partial charge in [-0.2, -0.15) is 0 Å². The minimum Gasteiger partial charge on any atom is -0.478 e. The van der Waals surface area contributed by atoms with Gasteiger partial charge in [0, 0.05) is 6.20 Å². The summed E-state index contributed by atoms with van der Waals surface area (Å²) in [6, 6.07) is 1.28. The lowest BCUT2D eigenvalue weighted by molar-refractivity contribution is -0.124. The Balaban J connectivity index is 2.94. The van der Waals surface area contributed by atoms with E-state index >= 15 is 0 Å². The second kappa shape index (κ2) is 4.41. The number of ether oxygens (including phenoxy) is 1. The smallest absolute Gasteiger partial charge is 0.339 e. The first-order valence-corrected chi connectivity index (χ1v) is 4.15. The van der Waals surface area contributed by atoms with E-state index in [1.165, 1.54) is 25.4 Å². The molecule has 0 aliphatic rings. The number of amides is 1. The molecule has 0 aromatic carbocycles. The van der Waals surface area contributed by atoms with Crippen LogP contribution in [0.4, 0.5) is 0 Å². The number of hydrogen-bond acceptors (Lipinski definition) is 4. The zero-order valence-electron chi connectivity index (χ0n) is 8.01. The molecule has 3 N–H and O–H groups in total. The molecule has 6 nitrogen and oxygen atoms in total. The maximum absolute atomic E-state index is 10.7. The molecule has 1 rings (SSSR count). The average Bonchev–Trinajstić information content (AvgIpc) is 2.18. The molecule has 0 spiro atoms. The number of carbonyl (C=O) groups is 2. The Kier molecular flexibility index (Phi) is 3.22. The van der Waals surface area contributed by atoms with Gasteiger partial charge in [-0.25, -0.2) is 4.79 Å². The van der Waals surface area contributed by atoms with Crippen LogP contribution in [0.2, 0.25) is 0 Å². The van der Waals surface area contributed by atoms with Crippen molar-refractivity contribution < 1.29 is 19.4 Å². The molecule has 1 amide bonds. The summed E-state index contributed by atoms with van der Waals surface area (Å²) in [6.45, 7) is 1.43. The summed E-state index contributed by atoms with van der Waals surface area (Å²) in [6.07, 6.45) is 1.65. The van der Waals surface area contributed by atoms with Gasteiger partial charge in [0.25, 0.3) is 5.91 Å². The molecule has 1 heterocycles. The number of hydrogen-bond donors (Lipinski definition) is 2. The molecule has 0 aliphatic carbocycles. The zero-order valence-corrected chi connectivity index (χ0v) is 8.01. The molecule has 0 aliphatic heterocycles. The third-order valence-electron chi connectivity index (χ3n) is 1.72. The number of nitrogens with two attached hydrogens (primary N) is 1. The molecule has 0 bridgehead atoms. The van der Waals surface area contributed by atoms with Crippen molar-refractivity contribution in [3.05, 3.63) is 24.0 Å². The van der Waals surface area contributed by atoms with Crippen molar-refractivity contribution in [2.75, 3.05) is 0 Å². The highest BCUT2D eigenvalue weighted by Crippen LogP contribution is 2.17. The van der Waals surface area contributed by atoms with Crippen LogP contribution in [0, 0.1) is 0 Å². The van der Waals surface area contributed by atoms with E-state index in [1.54, 1.807) is 0 Å². The summed E-state index contributed by atoms with van der Waals surface area (Å²) in [5.74, 6) is -1.80. The minimum absolute atomic E-state index is 0.0244. The van der Waals surface area contributed by atoms with Gasteiger partial charge < -0.3 is 15.6 Å². The first-order valence-electron chi connectivity index (χ1n) is 4.15. The second-order valence-corrected chi connectivity index (χ2v) is 2.84. The fraction of sp³-hybridized carbons (Fsp3) is 0.222. The highest BCUT2D eigenvalue weighted by molar-refractivity contribution is 5.90. The molecule has 0 saturated carbocycles. The summed E-state index contributed by atoms with van der Waals surface area (Å²) in [7, 11) is 0. The van der Waals surface area contributed by atoms with Crippen molar-refractivity contribution in [1.29, 1.82) is 0 Å². The molecule has 0 saturated heterocycles. The molecule has 1 atom stereocenters. The number of carboxylic acids is 1. The number of pyridine rings is 1. The number of aromatic carboxylic acids is 1. The van der Waals surface area contributed by atoms with Crippen molar-refractivity contribution in [3.63, 3.8) is 0 Å². The standard InChI is InChI=1S/C9H10N2O4/c1-5(8(10)12)15-7-4-11-3-2-6(7)9(13)14/h2-5H,1H3,(H2,10,12)(H,13,14). The van der Waals surface area contributed by atoms with E-state index in [-0.39, 0.29) is 11.3 Å². The van der Waals surface area contributed by atoms with Crippen LogP contribution in [0.25, 0.3) is 0 Å². The van der Waals surface area contributed by atoms with Crippen molar-refractivity contribution in [3.8, 4) is 5.75 Å². The highest BCUT2D eigenvalue weighted by atomic mass is 16.5. The summed E-state index contributed by atoms with van der Waals surface area (Å²) >= 11 is 0. The Morgan fingerprint density at radius 3 is 2.80 bits per heavy atom. The van der Waals surface area contributed by atoms with Gasteiger partial charge in [-0.3, -0.25) is 9.78 Å². The predicted molar refractivity (Wildman–Crippen MR) is 50.5 cm³/mol. The molecular formula is C9H10N2O4. The van der Waals surface area contributed by atoms with Gasteiger partial charge in [0.05, 0.1) is 6.20 Å². The lowest BCUT2D eigenvalue weighted by atomic mass is 10.2. The van der Waals surface area contributed by atoms with E-state index in [4.69, 9.17) is 15.6 Å². The molecule has 80 valence electrons. The Morgan fingerprint density at radius 1 is 1.60 bits per heavy atom. The Hall–Kier alpha value is -2.11. The minimum atomic E-state index is -1.15. The normalized spacial score (nSPS) is 11.8. The van der Waals surface area contributed by atoms with Crippen molar-refractivity contribution in [2.24, 2.45) is 5.73 Å². The summed E-state index contributed by atoms with van der Waals surface area (Å²) in [4.78, 5) is 25.2. The van der Waals surface area contributed by atoms with E-state index in [0.717, 1.165) is 0 Å². The fourth-order valence-electron chi connectivity index (χ4n) is 0.899. The van der Waals surface area contributed by atoms with E-state index < -0.39 is 18.0 Å². The monoisotopic (exact) mass is 210 g/mol. The van der Waals surface area contributed by atoms with Crippen molar-refractivity contribution in [1.82, 2.24) is 4.98 Å². The number of primary amides is 1. The highest BCUT2D eigenvalue weighted by Gasteiger charge is 2.16. The predicted octanol–water partition coefficient (Wildman–Crippen LogP) is 0.0324. The summed E-state index contributed by atoms with van der Waals surface area (Å²) in [5.41, 5.74) is 4.92. The van der Waals surface area contributed by atoms with Gasteiger partial charge in [0.15, 0.2) is 11.9 Å². The van der Waals surface area contributed by atoms with Crippen LogP contribution in [-0.4, -0.2) is 28.1 Å². The van der Waals surface area contributed by atoms with E-state index in [9.17, 15) is 9.59 Å². The lowest BCUT2D eigenvalue weighted by Gasteiger charge is -2.12. The fourth-order valence-corrected chi connectivity index (χ4v) is 0.899. The van der Waals surface area contributed by atoms with Crippen LogP contribution in [0.15, 0.2) is 18.5 Å². The van der Waals surface area contributed by atoms with Crippen molar-refractivity contribution in [2.45, 2.75) is 13.0 Å². The maximum Gasteiger partial charge on any atom is 0.339 e. The number of carboxylic acid groups (broad SMARTS) is 1. The van der Waals surface area contributed by atoms with Crippen LogP contribution in [-0.2, 0) is 4.79 Å². The molecule has 6 heteroatoms. The van der Waals surface area contributed by atoms with Gasteiger partial charge in [-0.1, -0.05) is 0 Å². The number of nitrogens with zero attached hydrogens (tertiary/aromatic N) is 1. The Labute approximate surface area is 85.7 Å². The molecule has 1 aromatic heterocycles. The van der Waals surface area contributed by atoms with Gasteiger partial charge >= 0.3 is 5.97 Å². The van der Waals surface area contributed by atoms with E-state index in [0.29, 0.717) is 0 Å². The molecule has 0 radical (unpaired) electrons. The molecule has 1 unspecified atom stereocenters. The Morgan fingerprint density at radius 2 is 2.27 bits per heavy atom. The van der Waals surface area contributed by atoms with Crippen molar-refractivity contribution >= 4 is 11.9 Å². The first-order chi connectivity index (χ1) is 7.02. The third kappa shape index (κ3) is 2.67. The van der Waals surface area contributed by atoms with E-state index in [1.807, 2.05) is 0 Å². The number of aromatic nitrogens is 1. The average molecular weight is 210 g/mol. The van der Waals surface area contributed by atoms with Crippen LogP contribution in [0.5, 0.6) is 5.75 Å². The SMILES string of the molecule is CC(Oc1cnccc1C(=O)O)C(N)=O. The van der Waals surface area contributed by atoms with Crippen LogP contribution >= 0.6 is 0 Å². The van der Waals surface area contributed by atoms with Gasteiger partial charge in [-0.15, -0.1) is 0 Å². The van der Waals surface area contributed by atoms with Gasteiger partial charge in [-0.05, 0) is 13.0 Å². The Bertz CT molecular complexity index is 391. The maximum atomic E-state index is 10.7. The summed E-state index contributed by atoms with van der Waals surface area (Å²) < 4.78 is 5.05. The first kappa shape index (κ1) is 11.0.